The molecule has 0 aliphatic heterocycles. The van der Waals surface area contributed by atoms with Gasteiger partial charge in [0.25, 0.3) is 0 Å². The average molecular weight is 348 g/mol. The average Bonchev–Trinajstić information content (AvgIpc) is 2.58. The van der Waals surface area contributed by atoms with Gasteiger partial charge in [-0.25, -0.2) is 0 Å². The zero-order chi connectivity index (χ0) is 18.6. The fourth-order valence-corrected chi connectivity index (χ4v) is 3.06. The number of allylic oxidation sites excluding steroid dienone is 1. The molecule has 1 fully saturated rings. The molecule has 1 heterocycles. The molecule has 1 saturated carbocycles. The Morgan fingerprint density at radius 2 is 2.00 bits per heavy atom. The maximum Gasteiger partial charge on any atom is 0.356 e. The summed E-state index contributed by atoms with van der Waals surface area (Å²) in [6, 6.07) is 1.49. The van der Waals surface area contributed by atoms with Gasteiger partial charge in [-0.2, -0.15) is 0 Å². The minimum atomic E-state index is -0.735. The second-order valence-electron chi connectivity index (χ2n) is 6.50. The van der Waals surface area contributed by atoms with Crippen molar-refractivity contribution in [1.29, 1.82) is 0 Å². The predicted molar refractivity (Wildman–Crippen MR) is 95.7 cm³/mol. The van der Waals surface area contributed by atoms with Gasteiger partial charge in [0.2, 0.25) is 5.91 Å². The van der Waals surface area contributed by atoms with E-state index in [1.54, 1.807) is 23.9 Å². The van der Waals surface area contributed by atoms with Crippen molar-refractivity contribution in [2.24, 2.45) is 5.92 Å². The molecule has 0 bridgehead atoms. The number of aromatic nitrogens is 1. The molecule has 1 aliphatic rings. The van der Waals surface area contributed by atoms with Gasteiger partial charge < -0.3 is 14.8 Å². The Balaban J connectivity index is 1.98. The normalized spacial score (nSPS) is 15.0. The molecule has 25 heavy (non-hydrogen) atoms. The highest BCUT2D eigenvalue weighted by molar-refractivity contribution is 5.78. The monoisotopic (exact) mass is 348 g/mol. The Morgan fingerprint density at radius 1 is 1.36 bits per heavy atom. The molecule has 8 nitrogen and oxygen atoms in total. The van der Waals surface area contributed by atoms with Crippen molar-refractivity contribution in [2.45, 2.75) is 25.7 Å². The van der Waals surface area contributed by atoms with E-state index >= 15 is 0 Å². The van der Waals surface area contributed by atoms with Crippen LogP contribution in [0.2, 0.25) is 0 Å². The van der Waals surface area contributed by atoms with Gasteiger partial charge in [0.05, 0.1) is 4.92 Å². The van der Waals surface area contributed by atoms with Crippen molar-refractivity contribution < 1.29 is 9.72 Å². The van der Waals surface area contributed by atoms with E-state index in [4.69, 9.17) is 0 Å². The Bertz CT molecular complexity index is 718. The summed E-state index contributed by atoms with van der Waals surface area (Å²) in [6.45, 7) is 4.78. The van der Waals surface area contributed by atoms with E-state index in [0.717, 1.165) is 25.7 Å². The summed E-state index contributed by atoms with van der Waals surface area (Å²) in [5.74, 6) is 0.121. The van der Waals surface area contributed by atoms with Crippen molar-refractivity contribution >= 4 is 17.3 Å². The van der Waals surface area contributed by atoms with Gasteiger partial charge in [-0.15, -0.1) is 0 Å². The Hall–Kier alpha value is -2.64. The van der Waals surface area contributed by atoms with E-state index in [2.05, 4.69) is 11.6 Å². The van der Waals surface area contributed by atoms with E-state index in [1.165, 1.54) is 17.8 Å². The number of amides is 1. The summed E-state index contributed by atoms with van der Waals surface area (Å²) < 4.78 is 0. The first-order valence-corrected chi connectivity index (χ1v) is 8.30. The molecule has 1 aromatic rings. The fourth-order valence-electron chi connectivity index (χ4n) is 3.06. The maximum absolute atomic E-state index is 12.5. The molecule has 8 heteroatoms. The summed E-state index contributed by atoms with van der Waals surface area (Å²) in [5, 5.41) is 11.1. The van der Waals surface area contributed by atoms with Crippen LogP contribution in [0.1, 0.15) is 25.7 Å². The third-order valence-electron chi connectivity index (χ3n) is 4.70. The van der Waals surface area contributed by atoms with Gasteiger partial charge in [0.15, 0.2) is 0 Å². The molecule has 1 amide bonds. The minimum absolute atomic E-state index is 0.0229. The fraction of sp³-hybridized carbons (Fsp3) is 0.529. The lowest BCUT2D eigenvalue weighted by molar-refractivity contribution is -0.385. The molecule has 1 aromatic heterocycles. The summed E-state index contributed by atoms with van der Waals surface area (Å²) in [7, 11) is 3.41. The molecule has 0 radical (unpaired) electrons. The number of carbonyl (C=O) groups is 1. The number of nitro groups is 1. The lowest BCUT2D eigenvalue weighted by atomic mass is 9.86. The molecule has 0 atom stereocenters. The molecule has 0 spiro atoms. The first-order chi connectivity index (χ1) is 11.8. The number of aromatic amines is 1. The van der Waals surface area contributed by atoms with E-state index in [9.17, 15) is 19.7 Å². The smallest absolute Gasteiger partial charge is 0.356 e. The highest BCUT2D eigenvalue weighted by Gasteiger charge is 2.26. The van der Waals surface area contributed by atoms with Crippen LogP contribution in [0.3, 0.4) is 0 Å². The van der Waals surface area contributed by atoms with Gasteiger partial charge in [-0.3, -0.25) is 19.7 Å². The number of anilines is 1. The van der Waals surface area contributed by atoms with Crippen LogP contribution in [0, 0.1) is 16.0 Å². The van der Waals surface area contributed by atoms with Crippen LogP contribution in [0.25, 0.3) is 0 Å². The second kappa shape index (κ2) is 7.96. The van der Waals surface area contributed by atoms with E-state index in [0.29, 0.717) is 13.1 Å². The number of hydrogen-bond acceptors (Lipinski definition) is 5. The number of rotatable bonds is 6. The van der Waals surface area contributed by atoms with Gasteiger partial charge >= 0.3 is 11.2 Å². The number of hydrogen-bond donors (Lipinski definition) is 1. The summed E-state index contributed by atoms with van der Waals surface area (Å²) >= 11 is 0. The number of nitrogens with one attached hydrogen (secondary N) is 1. The van der Waals surface area contributed by atoms with Crippen LogP contribution in [0.5, 0.6) is 0 Å². The van der Waals surface area contributed by atoms with Gasteiger partial charge in [0, 0.05) is 39.3 Å². The lowest BCUT2D eigenvalue weighted by Gasteiger charge is -2.29. The van der Waals surface area contributed by atoms with Crippen molar-refractivity contribution in [3.05, 3.63) is 44.9 Å². The third kappa shape index (κ3) is 4.46. The molecule has 1 aliphatic carbocycles. The standard InChI is InChI=1S/C17H24N4O4/c1-12-4-6-13(7-5-12)17(23)20(3)11-10-19(2)14-8-9-18-16(22)15(14)21(24)25/h8-9,13H,1,4-7,10-11H2,2-3H3,(H,18,22). The van der Waals surface area contributed by atoms with Crippen LogP contribution in [-0.4, -0.2) is 47.9 Å². The first kappa shape index (κ1) is 18.7. The van der Waals surface area contributed by atoms with Crippen LogP contribution in [0.4, 0.5) is 11.4 Å². The van der Waals surface area contributed by atoms with Gasteiger partial charge in [0.1, 0.15) is 5.69 Å². The van der Waals surface area contributed by atoms with Crippen molar-refractivity contribution in [3.8, 4) is 0 Å². The van der Waals surface area contributed by atoms with Crippen molar-refractivity contribution in [1.82, 2.24) is 9.88 Å². The molecular formula is C17H24N4O4. The second-order valence-corrected chi connectivity index (χ2v) is 6.50. The summed E-state index contributed by atoms with van der Waals surface area (Å²) in [5.41, 5.74) is 0.225. The Kier molecular flexibility index (Phi) is 5.95. The molecule has 0 unspecified atom stereocenters. The highest BCUT2D eigenvalue weighted by Crippen LogP contribution is 2.28. The zero-order valence-electron chi connectivity index (χ0n) is 14.7. The molecular weight excluding hydrogens is 324 g/mol. The number of likely N-dealkylation sites (N-methyl/N-ethyl adjacent to an activating group) is 2. The van der Waals surface area contributed by atoms with E-state index in [-0.39, 0.29) is 17.5 Å². The van der Waals surface area contributed by atoms with Crippen molar-refractivity contribution in [3.63, 3.8) is 0 Å². The zero-order valence-corrected chi connectivity index (χ0v) is 14.7. The maximum atomic E-state index is 12.5. The predicted octanol–water partition coefficient (Wildman–Crippen LogP) is 1.92. The highest BCUT2D eigenvalue weighted by atomic mass is 16.6. The van der Waals surface area contributed by atoms with Crippen LogP contribution in [-0.2, 0) is 4.79 Å². The summed E-state index contributed by atoms with van der Waals surface area (Å²) in [4.78, 5) is 40.2. The molecule has 0 saturated heterocycles. The number of pyridine rings is 1. The summed E-state index contributed by atoms with van der Waals surface area (Å²) in [6.07, 6.45) is 4.83. The number of nitrogens with zero attached hydrogens (tertiary/aromatic N) is 3. The SMILES string of the molecule is C=C1CCC(C(=O)N(C)CCN(C)c2cc[nH]c(=O)c2[N+](=O)[O-])CC1. The number of H-pyrrole nitrogens is 1. The van der Waals surface area contributed by atoms with Crippen molar-refractivity contribution in [2.75, 3.05) is 32.1 Å². The van der Waals surface area contributed by atoms with Crippen LogP contribution < -0.4 is 10.5 Å². The molecule has 2 rings (SSSR count). The van der Waals surface area contributed by atoms with Crippen LogP contribution in [0.15, 0.2) is 29.2 Å². The first-order valence-electron chi connectivity index (χ1n) is 8.30. The molecule has 136 valence electrons. The largest absolute Gasteiger partial charge is 0.367 e. The van der Waals surface area contributed by atoms with E-state index in [1.807, 2.05) is 0 Å². The third-order valence-corrected chi connectivity index (χ3v) is 4.70. The quantitative estimate of drug-likeness (QED) is 0.481. The molecule has 1 N–H and O–H groups in total. The molecule has 0 aromatic carbocycles. The minimum Gasteiger partial charge on any atom is -0.367 e. The Morgan fingerprint density at radius 3 is 2.60 bits per heavy atom. The van der Waals surface area contributed by atoms with Crippen LogP contribution >= 0.6 is 0 Å². The topological polar surface area (TPSA) is 99.6 Å². The number of carbonyl (C=O) groups excluding carboxylic acids is 1. The Labute approximate surface area is 146 Å². The lowest BCUT2D eigenvalue weighted by Crippen LogP contribution is -2.39. The van der Waals surface area contributed by atoms with Gasteiger partial charge in [-0.05, 0) is 31.7 Å². The van der Waals surface area contributed by atoms with Gasteiger partial charge in [-0.1, -0.05) is 12.2 Å². The van der Waals surface area contributed by atoms with E-state index < -0.39 is 16.2 Å².